The number of rotatable bonds is 5. The highest BCUT2D eigenvalue weighted by molar-refractivity contribution is 5.88. The van der Waals surface area contributed by atoms with Crippen LogP contribution in [0.2, 0.25) is 0 Å². The molecule has 1 aliphatic carbocycles. The zero-order chi connectivity index (χ0) is 16.3. The molecule has 2 heterocycles. The lowest BCUT2D eigenvalue weighted by Gasteiger charge is -2.34. The van der Waals surface area contributed by atoms with Gasteiger partial charge in [0.2, 0.25) is 5.91 Å². The molecule has 0 radical (unpaired) electrons. The van der Waals surface area contributed by atoms with Crippen molar-refractivity contribution >= 4 is 5.91 Å². The lowest BCUT2D eigenvalue weighted by Crippen LogP contribution is -2.45. The van der Waals surface area contributed by atoms with Crippen molar-refractivity contribution in [3.05, 3.63) is 30.1 Å². The Kier molecular flexibility index (Phi) is 4.72. The molecule has 1 saturated heterocycles. The minimum absolute atomic E-state index is 0.0842. The average molecular weight is 316 g/mol. The Balaban J connectivity index is 1.84. The van der Waals surface area contributed by atoms with Gasteiger partial charge in [-0.15, -0.1) is 0 Å². The second-order valence-electron chi connectivity index (χ2n) is 7.42. The molecule has 1 aliphatic heterocycles. The van der Waals surface area contributed by atoms with Gasteiger partial charge in [0.1, 0.15) is 0 Å². The summed E-state index contributed by atoms with van der Waals surface area (Å²) < 4.78 is 0. The lowest BCUT2D eigenvalue weighted by atomic mass is 9.78. The molecule has 0 bridgehead atoms. The second kappa shape index (κ2) is 6.60. The summed E-state index contributed by atoms with van der Waals surface area (Å²) in [6.45, 7) is 3.82. The molecule has 1 aromatic rings. The molecule has 0 spiro atoms. The van der Waals surface area contributed by atoms with E-state index in [0.717, 1.165) is 57.1 Å². The number of hydrogen-bond acceptors (Lipinski definition) is 3. The van der Waals surface area contributed by atoms with Crippen LogP contribution in [0.15, 0.2) is 24.5 Å². The highest BCUT2D eigenvalue weighted by Crippen LogP contribution is 2.44. The van der Waals surface area contributed by atoms with Crippen molar-refractivity contribution in [2.75, 3.05) is 19.7 Å². The van der Waals surface area contributed by atoms with Crippen LogP contribution in [0.25, 0.3) is 0 Å². The summed E-state index contributed by atoms with van der Waals surface area (Å²) >= 11 is 0. The van der Waals surface area contributed by atoms with Crippen molar-refractivity contribution in [3.8, 4) is 0 Å². The second-order valence-corrected chi connectivity index (χ2v) is 7.42. The van der Waals surface area contributed by atoms with Crippen LogP contribution in [0.3, 0.4) is 0 Å². The summed E-state index contributed by atoms with van der Waals surface area (Å²) in [4.78, 5) is 19.7. The molecular weight excluding hydrogens is 288 g/mol. The molecule has 0 aromatic carbocycles. The number of carbonyl (C=O) groups is 1. The first-order valence-corrected chi connectivity index (χ1v) is 8.97. The largest absolute Gasteiger partial charge is 0.396 e. The van der Waals surface area contributed by atoms with E-state index in [1.807, 2.05) is 17.2 Å². The SMILES string of the molecule is CCCC1(CO)CCN(C(=O)C2(c3cccnc3)CCCC2)C1. The third kappa shape index (κ3) is 2.89. The number of nitrogens with zero attached hydrogens (tertiary/aromatic N) is 2. The maximum Gasteiger partial charge on any atom is 0.233 e. The van der Waals surface area contributed by atoms with Gasteiger partial charge in [0.05, 0.1) is 12.0 Å². The zero-order valence-electron chi connectivity index (χ0n) is 14.1. The molecular formula is C19H28N2O2. The molecule has 1 atom stereocenters. The fourth-order valence-corrected chi connectivity index (χ4v) is 4.60. The van der Waals surface area contributed by atoms with E-state index in [-0.39, 0.29) is 23.3 Å². The van der Waals surface area contributed by atoms with Crippen molar-refractivity contribution in [1.29, 1.82) is 0 Å². The van der Waals surface area contributed by atoms with Gasteiger partial charge in [-0.3, -0.25) is 9.78 Å². The van der Waals surface area contributed by atoms with E-state index in [9.17, 15) is 9.90 Å². The topological polar surface area (TPSA) is 53.4 Å². The summed E-state index contributed by atoms with van der Waals surface area (Å²) in [5.74, 6) is 0.259. The quantitative estimate of drug-likeness (QED) is 0.909. The van der Waals surface area contributed by atoms with Crippen LogP contribution in [-0.2, 0) is 10.2 Å². The normalized spacial score (nSPS) is 26.6. The van der Waals surface area contributed by atoms with Crippen LogP contribution in [-0.4, -0.2) is 40.6 Å². The van der Waals surface area contributed by atoms with Gasteiger partial charge in [0.15, 0.2) is 0 Å². The fraction of sp³-hybridized carbons (Fsp3) is 0.684. The standard InChI is InChI=1S/C19H28N2O2/c1-2-7-18(15-22)10-12-21(14-18)17(23)19(8-3-4-9-19)16-6-5-11-20-13-16/h5-6,11,13,22H,2-4,7-10,12,14-15H2,1H3. The van der Waals surface area contributed by atoms with E-state index < -0.39 is 0 Å². The molecule has 2 aliphatic rings. The first-order valence-electron chi connectivity index (χ1n) is 8.97. The van der Waals surface area contributed by atoms with Crippen molar-refractivity contribution in [1.82, 2.24) is 9.88 Å². The number of hydrogen-bond donors (Lipinski definition) is 1. The van der Waals surface area contributed by atoms with Crippen LogP contribution in [0.5, 0.6) is 0 Å². The van der Waals surface area contributed by atoms with Crippen LogP contribution < -0.4 is 0 Å². The van der Waals surface area contributed by atoms with E-state index in [0.29, 0.717) is 6.54 Å². The van der Waals surface area contributed by atoms with E-state index in [2.05, 4.69) is 18.0 Å². The van der Waals surface area contributed by atoms with Crippen molar-refractivity contribution < 1.29 is 9.90 Å². The zero-order valence-corrected chi connectivity index (χ0v) is 14.1. The summed E-state index contributed by atoms with van der Waals surface area (Å²) in [7, 11) is 0. The first kappa shape index (κ1) is 16.4. The summed E-state index contributed by atoms with van der Waals surface area (Å²) in [6, 6.07) is 3.99. The average Bonchev–Trinajstić information content (AvgIpc) is 3.24. The highest BCUT2D eigenvalue weighted by Gasteiger charge is 2.48. The van der Waals surface area contributed by atoms with Crippen LogP contribution in [0, 0.1) is 5.41 Å². The van der Waals surface area contributed by atoms with Crippen molar-refractivity contribution in [2.24, 2.45) is 5.41 Å². The molecule has 1 saturated carbocycles. The maximum atomic E-state index is 13.4. The highest BCUT2D eigenvalue weighted by atomic mass is 16.3. The van der Waals surface area contributed by atoms with Gasteiger partial charge in [-0.2, -0.15) is 0 Å². The molecule has 1 amide bonds. The number of pyridine rings is 1. The van der Waals surface area contributed by atoms with E-state index in [4.69, 9.17) is 0 Å². The number of carbonyl (C=O) groups excluding carboxylic acids is 1. The Bertz CT molecular complexity index is 540. The molecule has 4 nitrogen and oxygen atoms in total. The predicted molar refractivity (Wildman–Crippen MR) is 90.0 cm³/mol. The van der Waals surface area contributed by atoms with Gasteiger partial charge in [-0.1, -0.05) is 32.3 Å². The van der Waals surface area contributed by atoms with E-state index in [1.165, 1.54) is 0 Å². The van der Waals surface area contributed by atoms with Crippen LogP contribution >= 0.6 is 0 Å². The minimum atomic E-state index is -0.383. The van der Waals surface area contributed by atoms with Gasteiger partial charge >= 0.3 is 0 Å². The molecule has 1 N–H and O–H groups in total. The Morgan fingerprint density at radius 1 is 1.35 bits per heavy atom. The van der Waals surface area contributed by atoms with Crippen LogP contribution in [0.1, 0.15) is 57.4 Å². The molecule has 2 fully saturated rings. The number of aliphatic hydroxyl groups is 1. The Labute approximate surface area is 138 Å². The van der Waals surface area contributed by atoms with Gasteiger partial charge in [0, 0.05) is 30.9 Å². The number of aromatic nitrogens is 1. The van der Waals surface area contributed by atoms with Crippen molar-refractivity contribution in [2.45, 2.75) is 57.3 Å². The van der Waals surface area contributed by atoms with Gasteiger partial charge in [0.25, 0.3) is 0 Å². The summed E-state index contributed by atoms with van der Waals surface area (Å²) in [5.41, 5.74) is 0.602. The van der Waals surface area contributed by atoms with Crippen molar-refractivity contribution in [3.63, 3.8) is 0 Å². The lowest BCUT2D eigenvalue weighted by molar-refractivity contribution is -0.136. The molecule has 1 aromatic heterocycles. The third-order valence-corrected chi connectivity index (χ3v) is 5.92. The number of aliphatic hydroxyl groups excluding tert-OH is 1. The number of amides is 1. The Morgan fingerprint density at radius 3 is 2.74 bits per heavy atom. The molecule has 3 rings (SSSR count). The molecule has 23 heavy (non-hydrogen) atoms. The summed E-state index contributed by atoms with van der Waals surface area (Å²) in [5, 5.41) is 9.85. The number of likely N-dealkylation sites (tertiary alicyclic amines) is 1. The van der Waals surface area contributed by atoms with E-state index in [1.54, 1.807) is 6.20 Å². The van der Waals surface area contributed by atoms with E-state index >= 15 is 0 Å². The van der Waals surface area contributed by atoms with Crippen LogP contribution in [0.4, 0.5) is 0 Å². The fourth-order valence-electron chi connectivity index (χ4n) is 4.60. The predicted octanol–water partition coefficient (Wildman–Crippen LogP) is 2.90. The molecule has 1 unspecified atom stereocenters. The molecule has 4 heteroatoms. The monoisotopic (exact) mass is 316 g/mol. The third-order valence-electron chi connectivity index (χ3n) is 5.92. The maximum absolute atomic E-state index is 13.4. The molecule has 126 valence electrons. The Hall–Kier alpha value is -1.42. The smallest absolute Gasteiger partial charge is 0.233 e. The van der Waals surface area contributed by atoms with Gasteiger partial charge in [-0.25, -0.2) is 0 Å². The van der Waals surface area contributed by atoms with Gasteiger partial charge in [-0.05, 0) is 37.3 Å². The van der Waals surface area contributed by atoms with Gasteiger partial charge < -0.3 is 10.0 Å². The summed E-state index contributed by atoms with van der Waals surface area (Å²) in [6.07, 6.45) is 10.7. The minimum Gasteiger partial charge on any atom is -0.396 e. The first-order chi connectivity index (χ1) is 11.2. The Morgan fingerprint density at radius 2 is 2.13 bits per heavy atom.